The number of rotatable bonds is 8. The van der Waals surface area contributed by atoms with Crippen LogP contribution in [0.15, 0.2) is 0 Å². The third-order valence-corrected chi connectivity index (χ3v) is 2.10. The van der Waals surface area contributed by atoms with Crippen LogP contribution < -0.4 is 11.5 Å². The minimum absolute atomic E-state index is 0.0127. The van der Waals surface area contributed by atoms with Gasteiger partial charge >= 0.3 is 0 Å². The van der Waals surface area contributed by atoms with E-state index >= 15 is 0 Å². The van der Waals surface area contributed by atoms with Crippen molar-refractivity contribution >= 4 is 11.8 Å². The number of amides is 2. The minimum atomic E-state index is -0.412. The van der Waals surface area contributed by atoms with Crippen LogP contribution in [-0.4, -0.2) is 24.5 Å². The van der Waals surface area contributed by atoms with Crippen molar-refractivity contribution in [2.45, 2.75) is 39.2 Å². The van der Waals surface area contributed by atoms with E-state index in [0.29, 0.717) is 13.0 Å². The van der Waals surface area contributed by atoms with Crippen LogP contribution in [0.3, 0.4) is 0 Å². The van der Waals surface area contributed by atoms with Crippen LogP contribution in [0.4, 0.5) is 0 Å². The Morgan fingerprint density at radius 3 is 2.00 bits per heavy atom. The standard InChI is InChI=1S/C10H20N2O3/c1-3-15-7(2)4-8(5-9(11)13)6-10(12)14/h7-8H,3-6H2,1-2H3,(H2,11,13)(H2,12,14). The van der Waals surface area contributed by atoms with Crippen molar-refractivity contribution in [3.63, 3.8) is 0 Å². The molecule has 0 radical (unpaired) electrons. The van der Waals surface area contributed by atoms with E-state index in [2.05, 4.69) is 0 Å². The second-order valence-corrected chi connectivity index (χ2v) is 3.71. The van der Waals surface area contributed by atoms with Crippen molar-refractivity contribution in [3.05, 3.63) is 0 Å². The zero-order chi connectivity index (χ0) is 11.8. The SMILES string of the molecule is CCOC(C)CC(CC(N)=O)CC(N)=O. The lowest BCUT2D eigenvalue weighted by Crippen LogP contribution is -2.25. The highest BCUT2D eigenvalue weighted by molar-refractivity contribution is 5.77. The van der Waals surface area contributed by atoms with Gasteiger partial charge in [-0.05, 0) is 26.2 Å². The number of hydrogen-bond donors (Lipinski definition) is 2. The second-order valence-electron chi connectivity index (χ2n) is 3.71. The average molecular weight is 216 g/mol. The predicted octanol–water partition coefficient (Wildman–Crippen LogP) is 0.169. The first-order valence-electron chi connectivity index (χ1n) is 5.13. The highest BCUT2D eigenvalue weighted by Gasteiger charge is 2.18. The molecule has 0 aromatic carbocycles. The molecule has 0 saturated heterocycles. The van der Waals surface area contributed by atoms with Crippen LogP contribution in [0.25, 0.3) is 0 Å². The minimum Gasteiger partial charge on any atom is -0.379 e. The summed E-state index contributed by atoms with van der Waals surface area (Å²) in [6.45, 7) is 4.41. The molecule has 15 heavy (non-hydrogen) atoms. The molecule has 1 atom stereocenters. The lowest BCUT2D eigenvalue weighted by molar-refractivity contribution is -0.121. The highest BCUT2D eigenvalue weighted by atomic mass is 16.5. The summed E-state index contributed by atoms with van der Waals surface area (Å²) in [4.78, 5) is 21.5. The molecule has 0 aromatic heterocycles. The van der Waals surface area contributed by atoms with Gasteiger partial charge in [0, 0.05) is 19.4 Å². The van der Waals surface area contributed by atoms with E-state index in [0.717, 1.165) is 0 Å². The molecular formula is C10H20N2O3. The normalized spacial score (nSPS) is 12.7. The number of nitrogens with two attached hydrogens (primary N) is 2. The fourth-order valence-corrected chi connectivity index (χ4v) is 1.63. The molecular weight excluding hydrogens is 196 g/mol. The molecule has 0 aliphatic carbocycles. The van der Waals surface area contributed by atoms with Crippen LogP contribution >= 0.6 is 0 Å². The van der Waals surface area contributed by atoms with Crippen LogP contribution in [0.1, 0.15) is 33.1 Å². The Hall–Kier alpha value is -1.10. The Morgan fingerprint density at radius 2 is 1.67 bits per heavy atom. The van der Waals surface area contributed by atoms with Crippen LogP contribution in [-0.2, 0) is 14.3 Å². The summed E-state index contributed by atoms with van der Waals surface area (Å²) in [5.74, 6) is -0.934. The van der Waals surface area contributed by atoms with Gasteiger partial charge in [-0.3, -0.25) is 9.59 Å². The molecule has 0 aliphatic rings. The topological polar surface area (TPSA) is 95.4 Å². The first kappa shape index (κ1) is 13.9. The van der Waals surface area contributed by atoms with Gasteiger partial charge in [-0.2, -0.15) is 0 Å². The van der Waals surface area contributed by atoms with Crippen molar-refractivity contribution in [3.8, 4) is 0 Å². The first-order valence-corrected chi connectivity index (χ1v) is 5.13. The fourth-order valence-electron chi connectivity index (χ4n) is 1.63. The summed E-state index contributed by atoms with van der Waals surface area (Å²) in [6.07, 6.45) is 0.999. The van der Waals surface area contributed by atoms with Crippen molar-refractivity contribution < 1.29 is 14.3 Å². The van der Waals surface area contributed by atoms with Crippen LogP contribution in [0.2, 0.25) is 0 Å². The highest BCUT2D eigenvalue weighted by Crippen LogP contribution is 2.16. The van der Waals surface area contributed by atoms with E-state index < -0.39 is 11.8 Å². The van der Waals surface area contributed by atoms with E-state index in [1.54, 1.807) is 0 Å². The van der Waals surface area contributed by atoms with Gasteiger partial charge in [-0.1, -0.05) is 0 Å². The van der Waals surface area contributed by atoms with E-state index in [-0.39, 0.29) is 24.9 Å². The Bertz CT molecular complexity index is 203. The van der Waals surface area contributed by atoms with Crippen molar-refractivity contribution in [2.75, 3.05) is 6.61 Å². The lowest BCUT2D eigenvalue weighted by atomic mass is 9.94. The fraction of sp³-hybridized carbons (Fsp3) is 0.800. The van der Waals surface area contributed by atoms with Gasteiger partial charge in [0.05, 0.1) is 6.10 Å². The van der Waals surface area contributed by atoms with Crippen LogP contribution in [0.5, 0.6) is 0 Å². The molecule has 5 nitrogen and oxygen atoms in total. The van der Waals surface area contributed by atoms with Gasteiger partial charge in [0.25, 0.3) is 0 Å². The van der Waals surface area contributed by atoms with Crippen molar-refractivity contribution in [1.82, 2.24) is 0 Å². The molecule has 0 heterocycles. The predicted molar refractivity (Wildman–Crippen MR) is 56.8 cm³/mol. The van der Waals surface area contributed by atoms with Gasteiger partial charge in [0.1, 0.15) is 0 Å². The molecule has 2 amide bonds. The zero-order valence-electron chi connectivity index (χ0n) is 9.36. The Labute approximate surface area is 90.1 Å². The van der Waals surface area contributed by atoms with Crippen LogP contribution in [0, 0.1) is 5.92 Å². The molecule has 0 rings (SSSR count). The third-order valence-electron chi connectivity index (χ3n) is 2.10. The molecule has 88 valence electrons. The molecule has 4 N–H and O–H groups in total. The molecule has 0 aliphatic heterocycles. The maximum atomic E-state index is 10.8. The largest absolute Gasteiger partial charge is 0.379 e. The van der Waals surface area contributed by atoms with Gasteiger partial charge in [0.15, 0.2) is 0 Å². The zero-order valence-corrected chi connectivity index (χ0v) is 9.36. The van der Waals surface area contributed by atoms with E-state index in [1.165, 1.54) is 0 Å². The number of hydrogen-bond acceptors (Lipinski definition) is 3. The van der Waals surface area contributed by atoms with E-state index in [9.17, 15) is 9.59 Å². The molecule has 0 spiro atoms. The van der Waals surface area contributed by atoms with Gasteiger partial charge in [-0.25, -0.2) is 0 Å². The van der Waals surface area contributed by atoms with Crippen molar-refractivity contribution in [1.29, 1.82) is 0 Å². The van der Waals surface area contributed by atoms with Gasteiger partial charge in [0.2, 0.25) is 11.8 Å². The summed E-state index contributed by atoms with van der Waals surface area (Å²) < 4.78 is 5.33. The Balaban J connectivity index is 4.10. The lowest BCUT2D eigenvalue weighted by Gasteiger charge is -2.18. The Kier molecular flexibility index (Phi) is 6.70. The molecule has 0 saturated carbocycles. The van der Waals surface area contributed by atoms with E-state index in [1.807, 2.05) is 13.8 Å². The summed E-state index contributed by atoms with van der Waals surface area (Å²) >= 11 is 0. The average Bonchev–Trinajstić information content (AvgIpc) is 2.00. The third kappa shape index (κ3) is 7.93. The number of carbonyl (C=O) groups excluding carboxylic acids is 2. The molecule has 0 bridgehead atoms. The van der Waals surface area contributed by atoms with Crippen molar-refractivity contribution in [2.24, 2.45) is 17.4 Å². The summed E-state index contributed by atoms with van der Waals surface area (Å²) in [5, 5.41) is 0. The Morgan fingerprint density at radius 1 is 1.20 bits per heavy atom. The molecule has 0 aromatic rings. The molecule has 0 fully saturated rings. The number of primary amides is 2. The smallest absolute Gasteiger partial charge is 0.217 e. The maximum Gasteiger partial charge on any atom is 0.217 e. The van der Waals surface area contributed by atoms with E-state index in [4.69, 9.17) is 16.2 Å². The second kappa shape index (κ2) is 7.23. The summed E-state index contributed by atoms with van der Waals surface area (Å²) in [6, 6.07) is 0. The first-order chi connectivity index (χ1) is 6.95. The van der Waals surface area contributed by atoms with Gasteiger partial charge < -0.3 is 16.2 Å². The summed E-state index contributed by atoms with van der Waals surface area (Å²) in [5.41, 5.74) is 10.2. The molecule has 5 heteroatoms. The maximum absolute atomic E-state index is 10.8. The number of carbonyl (C=O) groups is 2. The monoisotopic (exact) mass is 216 g/mol. The van der Waals surface area contributed by atoms with Gasteiger partial charge in [-0.15, -0.1) is 0 Å². The molecule has 1 unspecified atom stereocenters. The summed E-state index contributed by atoms with van der Waals surface area (Å²) in [7, 11) is 0. The quantitative estimate of drug-likeness (QED) is 0.605. The number of ether oxygens (including phenoxy) is 1.